The number of nitrogens with zero attached hydrogens (tertiary/aromatic N) is 3. The highest BCUT2D eigenvalue weighted by Gasteiger charge is 2.16. The first-order valence-corrected chi connectivity index (χ1v) is 2.89. The van der Waals surface area contributed by atoms with E-state index in [1.807, 2.05) is 0 Å². The number of aromatic hydroxyl groups is 1. The van der Waals surface area contributed by atoms with Crippen LogP contribution >= 0.6 is 0 Å². The Kier molecular flexibility index (Phi) is 1.88. The molecule has 0 radical (unpaired) electrons. The molecule has 0 aromatic carbocycles. The maximum atomic E-state index is 10.2. The summed E-state index contributed by atoms with van der Waals surface area (Å²) in [6, 6.07) is 2.55. The van der Waals surface area contributed by atoms with Gasteiger partial charge >= 0.3 is 5.69 Å². The maximum Gasteiger partial charge on any atom is 0.315 e. The fourth-order valence-corrected chi connectivity index (χ4v) is 0.673. The van der Waals surface area contributed by atoms with E-state index in [0.29, 0.717) is 0 Å². The van der Waals surface area contributed by atoms with Crippen LogP contribution in [0.5, 0.6) is 5.75 Å². The number of nitriles is 1. The third-order valence-electron chi connectivity index (χ3n) is 1.21. The predicted molar refractivity (Wildman–Crippen MR) is 37.3 cm³/mol. The van der Waals surface area contributed by atoms with Crippen LogP contribution in [0.3, 0.4) is 0 Å². The quantitative estimate of drug-likeness (QED) is 0.484. The Morgan fingerprint density at radius 3 is 2.92 bits per heavy atom. The molecule has 0 spiro atoms. The minimum atomic E-state index is -0.780. The highest BCUT2D eigenvalue weighted by Crippen LogP contribution is 2.26. The van der Waals surface area contributed by atoms with Crippen LogP contribution in [0, 0.1) is 21.4 Å². The molecule has 6 heteroatoms. The summed E-state index contributed by atoms with van der Waals surface area (Å²) in [6.07, 6.45) is 1.09. The Bertz CT molecular complexity index is 369. The molecule has 12 heavy (non-hydrogen) atoms. The van der Waals surface area contributed by atoms with Crippen molar-refractivity contribution in [2.24, 2.45) is 0 Å². The van der Waals surface area contributed by atoms with E-state index in [9.17, 15) is 10.1 Å². The second-order valence-electron chi connectivity index (χ2n) is 1.90. The molecule has 0 aliphatic rings. The summed E-state index contributed by atoms with van der Waals surface area (Å²) in [6.45, 7) is 0. The molecule has 1 aromatic rings. The zero-order chi connectivity index (χ0) is 9.14. The fourth-order valence-electron chi connectivity index (χ4n) is 0.673. The van der Waals surface area contributed by atoms with Gasteiger partial charge in [-0.2, -0.15) is 5.26 Å². The Morgan fingerprint density at radius 2 is 2.42 bits per heavy atom. The molecule has 1 aromatic heterocycles. The highest BCUT2D eigenvalue weighted by atomic mass is 16.6. The van der Waals surface area contributed by atoms with E-state index in [0.717, 1.165) is 12.3 Å². The van der Waals surface area contributed by atoms with Crippen molar-refractivity contribution in [3.05, 3.63) is 28.1 Å². The number of rotatable bonds is 1. The van der Waals surface area contributed by atoms with Gasteiger partial charge in [0.05, 0.1) is 4.92 Å². The van der Waals surface area contributed by atoms with E-state index < -0.39 is 16.4 Å². The van der Waals surface area contributed by atoms with Gasteiger partial charge in [0.15, 0.2) is 5.69 Å². The normalized spacial score (nSPS) is 8.92. The predicted octanol–water partition coefficient (Wildman–Crippen LogP) is 0.567. The highest BCUT2D eigenvalue weighted by molar-refractivity contribution is 5.51. The SMILES string of the molecule is N#Cc1nccc([N+](=O)[O-])c1O. The molecular formula is C6H3N3O3. The standard InChI is InChI=1S/C6H3N3O3/c7-3-4-6(10)5(9(11)12)1-2-8-4/h1-2,10H. The van der Waals surface area contributed by atoms with Crippen LogP contribution < -0.4 is 0 Å². The van der Waals surface area contributed by atoms with Crippen LogP contribution in [0.25, 0.3) is 0 Å². The molecule has 0 aliphatic heterocycles. The minimum absolute atomic E-state index is 0.343. The lowest BCUT2D eigenvalue weighted by Gasteiger charge is -1.94. The summed E-state index contributed by atoms with van der Waals surface area (Å²) >= 11 is 0. The molecule has 1 heterocycles. The summed E-state index contributed by atoms with van der Waals surface area (Å²) in [5.41, 5.74) is -0.856. The first-order chi connectivity index (χ1) is 5.66. The first kappa shape index (κ1) is 7.94. The Morgan fingerprint density at radius 1 is 1.75 bits per heavy atom. The largest absolute Gasteiger partial charge is 0.500 e. The Balaban J connectivity index is 3.35. The van der Waals surface area contributed by atoms with Crippen LogP contribution in [0.15, 0.2) is 12.3 Å². The topological polar surface area (TPSA) is 100 Å². The van der Waals surface area contributed by atoms with Gasteiger partial charge in [-0.05, 0) is 0 Å². The summed E-state index contributed by atoms with van der Waals surface area (Å²) < 4.78 is 0. The van der Waals surface area contributed by atoms with Crippen molar-refractivity contribution in [3.63, 3.8) is 0 Å². The summed E-state index contributed by atoms with van der Waals surface area (Å²) in [7, 11) is 0. The molecule has 0 bridgehead atoms. The number of hydrogen-bond acceptors (Lipinski definition) is 5. The zero-order valence-corrected chi connectivity index (χ0v) is 5.76. The lowest BCUT2D eigenvalue weighted by Crippen LogP contribution is -1.91. The molecule has 0 fully saturated rings. The van der Waals surface area contributed by atoms with E-state index in [4.69, 9.17) is 10.4 Å². The van der Waals surface area contributed by atoms with Gasteiger partial charge in [0, 0.05) is 12.3 Å². The van der Waals surface area contributed by atoms with Gasteiger partial charge in [0.1, 0.15) is 6.07 Å². The van der Waals surface area contributed by atoms with Crippen LogP contribution in [-0.2, 0) is 0 Å². The average Bonchev–Trinajstić information content (AvgIpc) is 2.04. The summed E-state index contributed by atoms with van der Waals surface area (Å²) in [5.74, 6) is -0.690. The third-order valence-corrected chi connectivity index (χ3v) is 1.21. The van der Waals surface area contributed by atoms with Crippen molar-refractivity contribution in [2.45, 2.75) is 0 Å². The minimum Gasteiger partial charge on any atom is -0.500 e. The van der Waals surface area contributed by atoms with E-state index in [1.54, 1.807) is 0 Å². The number of nitro groups is 1. The van der Waals surface area contributed by atoms with Gasteiger partial charge in [0.25, 0.3) is 0 Å². The number of pyridine rings is 1. The molecular weight excluding hydrogens is 162 g/mol. The van der Waals surface area contributed by atoms with Gasteiger partial charge in [-0.1, -0.05) is 0 Å². The number of hydrogen-bond donors (Lipinski definition) is 1. The van der Waals surface area contributed by atoms with E-state index in [-0.39, 0.29) is 5.69 Å². The van der Waals surface area contributed by atoms with Gasteiger partial charge in [0.2, 0.25) is 5.75 Å². The van der Waals surface area contributed by atoms with Crippen molar-refractivity contribution >= 4 is 5.69 Å². The molecule has 1 N–H and O–H groups in total. The smallest absolute Gasteiger partial charge is 0.315 e. The van der Waals surface area contributed by atoms with E-state index in [2.05, 4.69) is 4.98 Å². The second kappa shape index (κ2) is 2.84. The second-order valence-corrected chi connectivity index (χ2v) is 1.90. The number of aromatic nitrogens is 1. The lowest BCUT2D eigenvalue weighted by atomic mass is 10.3. The van der Waals surface area contributed by atoms with Gasteiger partial charge in [-0.25, -0.2) is 4.98 Å². The maximum absolute atomic E-state index is 10.2. The molecule has 0 saturated heterocycles. The van der Waals surface area contributed by atoms with Gasteiger partial charge in [-0.3, -0.25) is 10.1 Å². The molecule has 0 saturated carbocycles. The summed E-state index contributed by atoms with van der Waals surface area (Å²) in [4.78, 5) is 12.8. The lowest BCUT2D eigenvalue weighted by molar-refractivity contribution is -0.386. The third kappa shape index (κ3) is 1.15. The zero-order valence-electron chi connectivity index (χ0n) is 5.76. The van der Waals surface area contributed by atoms with Gasteiger partial charge < -0.3 is 5.11 Å². The van der Waals surface area contributed by atoms with Crippen LogP contribution in [0.1, 0.15) is 5.69 Å². The molecule has 60 valence electrons. The monoisotopic (exact) mass is 165 g/mol. The van der Waals surface area contributed by atoms with Crippen molar-refractivity contribution in [2.75, 3.05) is 0 Å². The molecule has 1 rings (SSSR count). The Labute approximate surface area is 66.9 Å². The van der Waals surface area contributed by atoms with Crippen LogP contribution in [0.4, 0.5) is 5.69 Å². The molecule has 0 atom stereocenters. The molecule has 0 amide bonds. The van der Waals surface area contributed by atoms with E-state index >= 15 is 0 Å². The molecule has 0 aliphatic carbocycles. The Hall–Kier alpha value is -2.16. The van der Waals surface area contributed by atoms with E-state index in [1.165, 1.54) is 6.07 Å². The van der Waals surface area contributed by atoms with Crippen LogP contribution in [0.2, 0.25) is 0 Å². The van der Waals surface area contributed by atoms with Crippen molar-refractivity contribution in [3.8, 4) is 11.8 Å². The van der Waals surface area contributed by atoms with Gasteiger partial charge in [-0.15, -0.1) is 0 Å². The summed E-state index contributed by atoms with van der Waals surface area (Å²) in [5, 5.41) is 27.6. The average molecular weight is 165 g/mol. The fraction of sp³-hybridized carbons (Fsp3) is 0. The van der Waals surface area contributed by atoms with Crippen molar-refractivity contribution in [1.82, 2.24) is 4.98 Å². The van der Waals surface area contributed by atoms with Crippen LogP contribution in [-0.4, -0.2) is 15.0 Å². The molecule has 6 nitrogen and oxygen atoms in total. The molecule has 0 unspecified atom stereocenters. The first-order valence-electron chi connectivity index (χ1n) is 2.89. The van der Waals surface area contributed by atoms with Crippen molar-refractivity contribution < 1.29 is 10.0 Å². The van der Waals surface area contributed by atoms with Crippen molar-refractivity contribution in [1.29, 1.82) is 5.26 Å².